The highest BCUT2D eigenvalue weighted by molar-refractivity contribution is 7.92. The third-order valence-corrected chi connectivity index (χ3v) is 5.04. The minimum Gasteiger partial charge on any atom is -0.497 e. The number of allylic oxidation sites excluding steroid dienone is 1. The van der Waals surface area contributed by atoms with E-state index in [0.717, 1.165) is 35.3 Å². The van der Waals surface area contributed by atoms with Gasteiger partial charge in [-0.15, -0.1) is 0 Å². The first-order valence-corrected chi connectivity index (χ1v) is 10.7. The Morgan fingerprint density at radius 2 is 1.96 bits per heavy atom. The van der Waals surface area contributed by atoms with Gasteiger partial charge in [0.05, 0.1) is 13.4 Å². The van der Waals surface area contributed by atoms with Gasteiger partial charge in [-0.05, 0) is 50.1 Å². The summed E-state index contributed by atoms with van der Waals surface area (Å²) in [4.78, 5) is 12.9. The first-order valence-electron chi connectivity index (χ1n) is 8.86. The second-order valence-corrected chi connectivity index (χ2v) is 9.33. The summed E-state index contributed by atoms with van der Waals surface area (Å²) in [5.41, 5.74) is 3.33. The highest BCUT2D eigenvalue weighted by Crippen LogP contribution is 2.32. The molecule has 0 radical (unpaired) electrons. The molecule has 0 unspecified atom stereocenters. The van der Waals surface area contributed by atoms with Gasteiger partial charge in [0.25, 0.3) is 0 Å². The van der Waals surface area contributed by atoms with Gasteiger partial charge in [-0.25, -0.2) is 8.42 Å². The van der Waals surface area contributed by atoms with Gasteiger partial charge in [-0.2, -0.15) is 0 Å². The Bertz CT molecular complexity index is 1060. The Kier molecular flexibility index (Phi) is 5.21. The van der Waals surface area contributed by atoms with Crippen LogP contribution in [0.4, 0.5) is 5.69 Å². The zero-order valence-corrected chi connectivity index (χ0v) is 17.2. The Morgan fingerprint density at radius 1 is 1.21 bits per heavy atom. The van der Waals surface area contributed by atoms with Crippen LogP contribution in [0.2, 0.25) is 0 Å². The Morgan fingerprint density at radius 3 is 2.64 bits per heavy atom. The van der Waals surface area contributed by atoms with Gasteiger partial charge in [0, 0.05) is 34.1 Å². The first-order chi connectivity index (χ1) is 13.1. The van der Waals surface area contributed by atoms with Gasteiger partial charge in [0.2, 0.25) is 10.0 Å². The number of nitrogens with one attached hydrogen (secondary N) is 2. The molecule has 0 amide bonds. The SMILES string of the molecule is COc1ccc2c(c1)/C(=C/C(=O)c1cccc(NS(C)(=O)=O)c1)NC(C)(C)C2. The molecule has 7 heteroatoms. The molecule has 3 rings (SSSR count). The molecule has 2 aromatic rings. The van der Waals surface area contributed by atoms with Crippen LogP contribution < -0.4 is 14.8 Å². The fourth-order valence-corrected chi connectivity index (χ4v) is 3.87. The Labute approximate surface area is 165 Å². The van der Waals surface area contributed by atoms with Crippen LogP contribution in [-0.2, 0) is 16.4 Å². The lowest BCUT2D eigenvalue weighted by Crippen LogP contribution is -2.43. The van der Waals surface area contributed by atoms with E-state index < -0.39 is 10.0 Å². The molecule has 148 valence electrons. The summed E-state index contributed by atoms with van der Waals surface area (Å²) in [6, 6.07) is 12.3. The lowest BCUT2D eigenvalue weighted by atomic mass is 9.85. The van der Waals surface area contributed by atoms with E-state index in [1.807, 2.05) is 18.2 Å². The Balaban J connectivity index is 1.99. The molecule has 2 N–H and O–H groups in total. The van der Waals surface area contributed by atoms with Crippen molar-refractivity contribution in [2.45, 2.75) is 25.8 Å². The van der Waals surface area contributed by atoms with Crippen LogP contribution in [0.25, 0.3) is 5.70 Å². The number of methoxy groups -OCH3 is 1. The summed E-state index contributed by atoms with van der Waals surface area (Å²) in [7, 11) is -1.81. The molecule has 0 fully saturated rings. The molecule has 0 saturated carbocycles. The molecule has 0 aromatic heterocycles. The summed E-state index contributed by atoms with van der Waals surface area (Å²) >= 11 is 0. The van der Waals surface area contributed by atoms with Crippen LogP contribution in [0.15, 0.2) is 48.5 Å². The average molecular weight is 401 g/mol. The standard InChI is InChI=1S/C21H24N2O4S/c1-21(2)13-15-8-9-17(27-3)11-18(15)19(22-21)12-20(24)14-6-5-7-16(10-14)23-28(4,25)26/h5-12,22-23H,13H2,1-4H3/b19-12-. The number of ketones is 1. The summed E-state index contributed by atoms with van der Waals surface area (Å²) in [6.07, 6.45) is 3.45. The quantitative estimate of drug-likeness (QED) is 0.595. The van der Waals surface area contributed by atoms with E-state index in [0.29, 0.717) is 11.3 Å². The monoisotopic (exact) mass is 400 g/mol. The fraction of sp³-hybridized carbons (Fsp3) is 0.286. The summed E-state index contributed by atoms with van der Waals surface area (Å²) in [5, 5.41) is 3.43. The van der Waals surface area contributed by atoms with E-state index in [1.165, 1.54) is 6.07 Å². The second kappa shape index (κ2) is 7.31. The largest absolute Gasteiger partial charge is 0.497 e. The van der Waals surface area contributed by atoms with Crippen molar-refractivity contribution in [1.29, 1.82) is 0 Å². The van der Waals surface area contributed by atoms with E-state index in [4.69, 9.17) is 4.74 Å². The van der Waals surface area contributed by atoms with Crippen molar-refractivity contribution in [1.82, 2.24) is 5.32 Å². The molecular formula is C21H24N2O4S. The third-order valence-electron chi connectivity index (χ3n) is 4.44. The molecular weight excluding hydrogens is 376 g/mol. The maximum atomic E-state index is 12.9. The van der Waals surface area contributed by atoms with Crippen LogP contribution in [0.3, 0.4) is 0 Å². The van der Waals surface area contributed by atoms with Crippen LogP contribution >= 0.6 is 0 Å². The van der Waals surface area contributed by atoms with Gasteiger partial charge in [0.15, 0.2) is 5.78 Å². The van der Waals surface area contributed by atoms with Crippen molar-refractivity contribution in [2.24, 2.45) is 0 Å². The maximum absolute atomic E-state index is 12.9. The minimum absolute atomic E-state index is 0.201. The Hall–Kier alpha value is -2.80. The number of ether oxygens (including phenoxy) is 1. The van der Waals surface area contributed by atoms with E-state index in [1.54, 1.807) is 31.4 Å². The molecule has 0 atom stereocenters. The average Bonchev–Trinajstić information content (AvgIpc) is 2.59. The second-order valence-electron chi connectivity index (χ2n) is 7.59. The van der Waals surface area contributed by atoms with Gasteiger partial charge in [-0.1, -0.05) is 18.2 Å². The molecule has 28 heavy (non-hydrogen) atoms. The van der Waals surface area contributed by atoms with Gasteiger partial charge in [-0.3, -0.25) is 9.52 Å². The molecule has 0 aliphatic carbocycles. The summed E-state index contributed by atoms with van der Waals surface area (Å²) < 4.78 is 30.6. The number of fused-ring (bicyclic) bond motifs is 1. The lowest BCUT2D eigenvalue weighted by molar-refractivity contribution is 0.104. The van der Waals surface area contributed by atoms with Crippen molar-refractivity contribution >= 4 is 27.2 Å². The van der Waals surface area contributed by atoms with Crippen molar-refractivity contribution in [3.05, 3.63) is 65.2 Å². The zero-order valence-electron chi connectivity index (χ0n) is 16.4. The van der Waals surface area contributed by atoms with Gasteiger partial charge >= 0.3 is 0 Å². The number of sulfonamides is 1. The molecule has 2 aromatic carbocycles. The van der Waals surface area contributed by atoms with Crippen molar-refractivity contribution < 1.29 is 17.9 Å². The fourth-order valence-electron chi connectivity index (χ4n) is 3.32. The van der Waals surface area contributed by atoms with Crippen molar-refractivity contribution in [3.8, 4) is 5.75 Å². The molecule has 1 heterocycles. The van der Waals surface area contributed by atoms with Crippen molar-refractivity contribution in [2.75, 3.05) is 18.1 Å². The highest BCUT2D eigenvalue weighted by atomic mass is 32.2. The molecule has 6 nitrogen and oxygen atoms in total. The number of carbonyl (C=O) groups excluding carboxylic acids is 1. The number of benzene rings is 2. The summed E-state index contributed by atoms with van der Waals surface area (Å²) in [5.74, 6) is 0.504. The number of hydrogen-bond donors (Lipinski definition) is 2. The minimum atomic E-state index is -3.41. The number of carbonyl (C=O) groups is 1. The van der Waals surface area contributed by atoms with Crippen molar-refractivity contribution in [3.63, 3.8) is 0 Å². The van der Waals surface area contributed by atoms with Gasteiger partial charge < -0.3 is 10.1 Å². The van der Waals surface area contributed by atoms with Crippen LogP contribution in [0.1, 0.15) is 35.3 Å². The highest BCUT2D eigenvalue weighted by Gasteiger charge is 2.28. The van der Waals surface area contributed by atoms with Crippen LogP contribution in [0, 0.1) is 0 Å². The van der Waals surface area contributed by atoms with E-state index in [9.17, 15) is 13.2 Å². The van der Waals surface area contributed by atoms with E-state index in [2.05, 4.69) is 23.9 Å². The first kappa shape index (κ1) is 19.9. The lowest BCUT2D eigenvalue weighted by Gasteiger charge is -2.35. The third kappa shape index (κ3) is 4.72. The molecule has 0 saturated heterocycles. The van der Waals surface area contributed by atoms with Crippen LogP contribution in [0.5, 0.6) is 5.75 Å². The predicted octanol–water partition coefficient (Wildman–Crippen LogP) is 3.21. The molecule has 1 aliphatic rings. The molecule has 0 spiro atoms. The molecule has 0 bridgehead atoms. The predicted molar refractivity (Wildman–Crippen MR) is 111 cm³/mol. The van der Waals surface area contributed by atoms with E-state index >= 15 is 0 Å². The number of hydrogen-bond acceptors (Lipinski definition) is 5. The maximum Gasteiger partial charge on any atom is 0.229 e. The normalized spacial score (nSPS) is 16.8. The summed E-state index contributed by atoms with van der Waals surface area (Å²) in [6.45, 7) is 4.16. The topological polar surface area (TPSA) is 84.5 Å². The smallest absolute Gasteiger partial charge is 0.229 e. The van der Waals surface area contributed by atoms with Gasteiger partial charge in [0.1, 0.15) is 5.75 Å². The zero-order chi connectivity index (χ0) is 20.5. The number of anilines is 1. The molecule has 1 aliphatic heterocycles. The van der Waals surface area contributed by atoms with E-state index in [-0.39, 0.29) is 11.3 Å². The number of rotatable bonds is 5. The van der Waals surface area contributed by atoms with Crippen LogP contribution in [-0.4, -0.2) is 33.1 Å².